The normalized spacial score (nSPS) is 16.4. The molecule has 0 aromatic rings. The molecule has 0 saturated heterocycles. The van der Waals surface area contributed by atoms with Crippen molar-refractivity contribution in [2.24, 2.45) is 4.99 Å². The van der Waals surface area contributed by atoms with Crippen molar-refractivity contribution in [1.82, 2.24) is 5.16 Å². The number of aliphatic imine (C=N–C) groups is 1. The number of nitrogens with zero attached hydrogens (tertiary/aromatic N) is 2. The number of hydrogen-bond acceptors (Lipinski definition) is 3. The molecular weight excluding hydrogens is 92.1 g/mol. The zero-order chi connectivity index (χ0) is 5.11. The van der Waals surface area contributed by atoms with Crippen LogP contribution in [-0.2, 0) is 4.84 Å². The summed E-state index contributed by atoms with van der Waals surface area (Å²) in [5, 5.41) is 3.41. The lowest BCUT2D eigenvalue weighted by Gasteiger charge is -1.75. The van der Waals surface area contributed by atoms with Gasteiger partial charge in [0, 0.05) is 0 Å². The van der Waals surface area contributed by atoms with E-state index in [-0.39, 0.29) is 0 Å². The smallest absolute Gasteiger partial charge is 0.214 e. The van der Waals surface area contributed by atoms with Crippen LogP contribution in [0.15, 0.2) is 4.99 Å². The molecule has 0 aliphatic carbocycles. The summed E-state index contributed by atoms with van der Waals surface area (Å²) in [5.41, 5.74) is 0. The molecule has 0 aromatic heterocycles. The molecule has 1 radical (unpaired) electrons. The van der Waals surface area contributed by atoms with E-state index in [9.17, 15) is 0 Å². The van der Waals surface area contributed by atoms with Crippen molar-refractivity contribution in [2.45, 2.75) is 13.3 Å². The van der Waals surface area contributed by atoms with Crippen molar-refractivity contribution in [1.29, 1.82) is 0 Å². The van der Waals surface area contributed by atoms with E-state index in [2.05, 4.69) is 15.0 Å². The third-order valence-corrected chi connectivity index (χ3v) is 0.709. The lowest BCUT2D eigenvalue weighted by Crippen LogP contribution is -1.96. The Kier molecular flexibility index (Phi) is 1.06. The monoisotopic (exact) mass is 98.0 g/mol. The van der Waals surface area contributed by atoms with Crippen LogP contribution in [0.5, 0.6) is 0 Å². The summed E-state index contributed by atoms with van der Waals surface area (Å²) >= 11 is 0. The summed E-state index contributed by atoms with van der Waals surface area (Å²) in [5.74, 6) is 0.694. The second-order valence-corrected chi connectivity index (χ2v) is 1.19. The van der Waals surface area contributed by atoms with Crippen LogP contribution >= 0.6 is 0 Å². The lowest BCUT2D eigenvalue weighted by atomic mass is 10.5. The van der Waals surface area contributed by atoms with Gasteiger partial charge < -0.3 is 0 Å². The molecule has 3 heteroatoms. The van der Waals surface area contributed by atoms with Gasteiger partial charge in [-0.15, -0.1) is 0 Å². The van der Waals surface area contributed by atoms with Gasteiger partial charge in [-0.05, 0) is 4.99 Å². The second kappa shape index (κ2) is 1.73. The van der Waals surface area contributed by atoms with Gasteiger partial charge in [-0.25, -0.2) is 4.84 Å². The molecule has 0 spiro atoms. The Labute approximate surface area is 41.7 Å². The fourth-order valence-corrected chi connectivity index (χ4v) is 0.352. The van der Waals surface area contributed by atoms with E-state index < -0.39 is 0 Å². The van der Waals surface area contributed by atoms with Crippen LogP contribution in [0.3, 0.4) is 0 Å². The van der Waals surface area contributed by atoms with Crippen molar-refractivity contribution >= 4 is 12.2 Å². The summed E-state index contributed by atoms with van der Waals surface area (Å²) < 4.78 is 0. The highest BCUT2D eigenvalue weighted by molar-refractivity contribution is 5.86. The van der Waals surface area contributed by atoms with Crippen LogP contribution in [0.2, 0.25) is 0 Å². The van der Waals surface area contributed by atoms with Gasteiger partial charge in [-0.2, -0.15) is 0 Å². The summed E-state index contributed by atoms with van der Waals surface area (Å²) in [6.45, 7) is 1.97. The zero-order valence-electron chi connectivity index (χ0n) is 4.09. The first kappa shape index (κ1) is 4.30. The maximum atomic E-state index is 4.62. The van der Waals surface area contributed by atoms with Crippen LogP contribution in [0.25, 0.3) is 0 Å². The van der Waals surface area contributed by atoms with Gasteiger partial charge in [-0.1, -0.05) is 6.92 Å². The van der Waals surface area contributed by atoms with E-state index in [1.807, 2.05) is 6.92 Å². The molecule has 1 aliphatic heterocycles. The molecule has 0 saturated carbocycles. The van der Waals surface area contributed by atoms with Crippen molar-refractivity contribution in [2.75, 3.05) is 0 Å². The van der Waals surface area contributed by atoms with Crippen molar-refractivity contribution in [3.05, 3.63) is 0 Å². The van der Waals surface area contributed by atoms with Crippen LogP contribution < -0.4 is 5.16 Å². The molecule has 1 aliphatic rings. The third-order valence-electron chi connectivity index (χ3n) is 0.709. The Morgan fingerprint density at radius 1 is 2.00 bits per heavy atom. The fourth-order valence-electron chi connectivity index (χ4n) is 0.352. The van der Waals surface area contributed by atoms with Gasteiger partial charge in [0.1, 0.15) is 0 Å². The lowest BCUT2D eigenvalue weighted by molar-refractivity contribution is 0.272. The van der Waals surface area contributed by atoms with E-state index in [0.717, 1.165) is 6.42 Å². The number of rotatable bonds is 1. The summed E-state index contributed by atoms with van der Waals surface area (Å²) in [7, 11) is 0. The molecular formula is C4H6N2O+. The van der Waals surface area contributed by atoms with Crippen LogP contribution in [0.4, 0.5) is 0 Å². The quantitative estimate of drug-likeness (QED) is 0.458. The van der Waals surface area contributed by atoms with E-state index >= 15 is 0 Å². The summed E-state index contributed by atoms with van der Waals surface area (Å²) in [4.78, 5) is 8.38. The Balaban J connectivity index is 2.45. The molecule has 0 atom stereocenters. The Hall–Kier alpha value is -0.860. The molecule has 0 aromatic carbocycles. The van der Waals surface area contributed by atoms with Gasteiger partial charge in [-0.3, -0.25) is 0 Å². The molecule has 0 bridgehead atoms. The van der Waals surface area contributed by atoms with Gasteiger partial charge in [0.2, 0.25) is 0 Å². The van der Waals surface area contributed by atoms with Gasteiger partial charge >= 0.3 is 12.2 Å². The minimum atomic E-state index is 0.694. The van der Waals surface area contributed by atoms with Crippen LogP contribution in [-0.4, -0.2) is 12.2 Å². The molecule has 0 amide bonds. The zero-order valence-corrected chi connectivity index (χ0v) is 4.09. The molecule has 37 valence electrons. The summed E-state index contributed by atoms with van der Waals surface area (Å²) in [6, 6.07) is 0. The predicted octanol–water partition coefficient (Wildman–Crippen LogP) is 0.104. The van der Waals surface area contributed by atoms with Gasteiger partial charge in [0.15, 0.2) is 5.16 Å². The first-order valence-corrected chi connectivity index (χ1v) is 2.19. The largest absolute Gasteiger partial charge is 0.378 e. The molecule has 0 N–H and O–H groups in total. The Morgan fingerprint density at radius 3 is 3.14 bits per heavy atom. The van der Waals surface area contributed by atoms with Gasteiger partial charge in [0.25, 0.3) is 0 Å². The molecule has 7 heavy (non-hydrogen) atoms. The SMILES string of the molecule is CCC1=NC=[N+]O1. The van der Waals surface area contributed by atoms with Gasteiger partial charge in [0.05, 0.1) is 6.42 Å². The molecule has 3 nitrogen and oxygen atoms in total. The second-order valence-electron chi connectivity index (χ2n) is 1.19. The standard InChI is InChI=1S/C4H6N2O/c1-2-4-5-3-6-7-4/h3H,2H2,1H3/q+1. The minimum absolute atomic E-state index is 0.694. The maximum Gasteiger partial charge on any atom is 0.378 e. The molecule has 1 rings (SSSR count). The van der Waals surface area contributed by atoms with Crippen LogP contribution in [0.1, 0.15) is 13.3 Å². The molecule has 1 heterocycles. The topological polar surface area (TPSA) is 35.7 Å². The van der Waals surface area contributed by atoms with E-state index in [1.165, 1.54) is 6.34 Å². The minimum Gasteiger partial charge on any atom is -0.214 e. The highest BCUT2D eigenvalue weighted by atomic mass is 16.6. The average molecular weight is 98.1 g/mol. The highest BCUT2D eigenvalue weighted by Gasteiger charge is 2.10. The first-order valence-electron chi connectivity index (χ1n) is 2.19. The summed E-state index contributed by atoms with van der Waals surface area (Å²) in [6.07, 6.45) is 2.22. The fraction of sp³-hybridized carbons (Fsp3) is 0.500. The Morgan fingerprint density at radius 2 is 2.86 bits per heavy atom. The average Bonchev–Trinajstić information content (AvgIpc) is 2.14. The first-order chi connectivity index (χ1) is 3.43. The van der Waals surface area contributed by atoms with Crippen molar-refractivity contribution in [3.63, 3.8) is 0 Å². The highest BCUT2D eigenvalue weighted by Crippen LogP contribution is 1.87. The number of hydrogen-bond donors (Lipinski definition) is 0. The van der Waals surface area contributed by atoms with Crippen molar-refractivity contribution < 1.29 is 4.84 Å². The van der Waals surface area contributed by atoms with E-state index in [4.69, 9.17) is 0 Å². The third kappa shape index (κ3) is 0.765. The molecule has 0 fully saturated rings. The predicted molar refractivity (Wildman–Crippen MR) is 27.0 cm³/mol. The van der Waals surface area contributed by atoms with E-state index in [1.54, 1.807) is 0 Å². The molecule has 0 unspecified atom stereocenters. The van der Waals surface area contributed by atoms with Crippen molar-refractivity contribution in [3.8, 4) is 0 Å². The van der Waals surface area contributed by atoms with Crippen LogP contribution in [0, 0.1) is 0 Å². The van der Waals surface area contributed by atoms with E-state index in [0.29, 0.717) is 5.90 Å². The Bertz CT molecular complexity index is 117. The maximum absolute atomic E-state index is 4.62. The number of oxime groups is 1.